The first kappa shape index (κ1) is 52.4. The Balaban J connectivity index is 0.915. The van der Waals surface area contributed by atoms with Crippen molar-refractivity contribution >= 4 is 45.8 Å². The normalized spacial score (nSPS) is 23.6. The number of benzene rings is 6. The number of fused-ring (bicyclic) bond motifs is 10. The minimum atomic E-state index is -0.269. The molecule has 0 spiro atoms. The van der Waals surface area contributed by atoms with E-state index in [0.717, 1.165) is 32.1 Å². The summed E-state index contributed by atoms with van der Waals surface area (Å²) < 4.78 is 0. The minimum Gasteiger partial charge on any atom is -0.340 e. The molecule has 1 heteroatoms. The Kier molecular flexibility index (Phi) is 13.9. The van der Waals surface area contributed by atoms with E-state index < -0.39 is 0 Å². The van der Waals surface area contributed by atoms with Crippen LogP contribution in [0.15, 0.2) is 236 Å². The second kappa shape index (κ2) is 21.5. The highest BCUT2D eigenvalue weighted by atomic mass is 15.1. The minimum absolute atomic E-state index is 0.0858. The molecule has 1 nitrogen and oxygen atoms in total. The van der Waals surface area contributed by atoms with Gasteiger partial charge in [-0.2, -0.15) is 0 Å². The highest BCUT2D eigenvalue weighted by Gasteiger charge is 2.41. The van der Waals surface area contributed by atoms with Gasteiger partial charge < -0.3 is 4.90 Å². The van der Waals surface area contributed by atoms with Gasteiger partial charge in [-0.05, 0) is 199 Å². The summed E-state index contributed by atoms with van der Waals surface area (Å²) in [5, 5.41) is 2.69. The van der Waals surface area contributed by atoms with E-state index >= 15 is 0 Å². The SMILES string of the molecule is C=CC=C(C)c1ccccc1C(C)=CC=CN(c1ccc2c(c1)C(C)(C)c1cc(C(C3=CCC4C=CC5CC=CC(=CC=C3C4)C5)C(C=C)C3C=Cc4cccc5cccc3c45)ccc1-2)C1C=Cc2ccc3c(c2C1C)C(C)CC=C3. The molecule has 7 aliphatic rings. The summed E-state index contributed by atoms with van der Waals surface area (Å²) in [6.45, 7) is 23.0. The van der Waals surface area contributed by atoms with Gasteiger partial charge >= 0.3 is 0 Å². The average molecular weight is 1050 g/mol. The van der Waals surface area contributed by atoms with Crippen LogP contribution in [0.25, 0.3) is 51.3 Å². The summed E-state index contributed by atoms with van der Waals surface area (Å²) in [6, 6.07) is 42.1. The van der Waals surface area contributed by atoms with Crippen molar-refractivity contribution in [3.63, 3.8) is 0 Å². The van der Waals surface area contributed by atoms with Gasteiger partial charge in [0.15, 0.2) is 0 Å². The Morgan fingerprint density at radius 3 is 2.16 bits per heavy atom. The van der Waals surface area contributed by atoms with Crippen molar-refractivity contribution in [3.05, 3.63) is 298 Å². The van der Waals surface area contributed by atoms with E-state index in [1.807, 2.05) is 6.08 Å². The van der Waals surface area contributed by atoms with Crippen LogP contribution in [0.4, 0.5) is 5.69 Å². The van der Waals surface area contributed by atoms with Gasteiger partial charge in [-0.3, -0.25) is 0 Å². The van der Waals surface area contributed by atoms with E-state index in [1.54, 1.807) is 0 Å². The topological polar surface area (TPSA) is 3.24 Å². The largest absolute Gasteiger partial charge is 0.340 e. The van der Waals surface area contributed by atoms with E-state index in [9.17, 15) is 0 Å². The molecule has 0 aromatic heterocycles. The summed E-state index contributed by atoms with van der Waals surface area (Å²) in [5.41, 5.74) is 25.5. The Bertz CT molecular complexity index is 3900. The second-order valence-electron chi connectivity index (χ2n) is 24.9. The number of allylic oxidation sites excluding steroid dienone is 19. The number of rotatable bonds is 12. The molecule has 81 heavy (non-hydrogen) atoms. The highest BCUT2D eigenvalue weighted by Crippen LogP contribution is 2.55. The predicted octanol–water partition coefficient (Wildman–Crippen LogP) is 21.3. The van der Waals surface area contributed by atoms with Crippen LogP contribution in [0.1, 0.15) is 159 Å². The molecule has 0 radical (unpaired) electrons. The van der Waals surface area contributed by atoms with Gasteiger partial charge in [0.2, 0.25) is 0 Å². The molecule has 0 heterocycles. The standard InChI is InChI=1S/C80H77N/c1-9-18-51(3)66-27-11-12-28-67(66)52(4)20-17-46-81(75-45-39-61-36-35-59-23-13-19-53(5)76(59)77(61)54(75)6)64-40-44-71-70-43-38-63(49-73(70)80(7,8)74(71)50-64)79(65(10-2)69-42-37-60-25-15-24-58-26-16-29-72(69)78(58)60)68-41-33-57-31-30-55-21-14-22-56(47-55)32-34-62(68)48-57/h9-18,20,22-32,34-46,49-50,53-55,57,65,69,75,79H,1-2,19,21,33,47-48H2,3-8H3. The quantitative estimate of drug-likeness (QED) is 0.0872. The molecule has 4 bridgehead atoms. The van der Waals surface area contributed by atoms with E-state index in [4.69, 9.17) is 6.58 Å². The molecule has 0 aliphatic heterocycles. The van der Waals surface area contributed by atoms with Gasteiger partial charge in [0, 0.05) is 35.1 Å². The Labute approximate surface area is 483 Å². The zero-order chi connectivity index (χ0) is 55.5. The van der Waals surface area contributed by atoms with Crippen molar-refractivity contribution < 1.29 is 0 Å². The van der Waals surface area contributed by atoms with Crippen LogP contribution in [0.3, 0.4) is 0 Å². The molecule has 0 fully saturated rings. The molecule has 7 aliphatic carbocycles. The second-order valence-corrected chi connectivity index (χ2v) is 24.9. The van der Waals surface area contributed by atoms with Crippen LogP contribution in [0, 0.1) is 17.8 Å². The average Bonchev–Trinajstić information content (AvgIpc) is 3.85. The third-order valence-electron chi connectivity index (χ3n) is 19.6. The Morgan fingerprint density at radius 2 is 1.37 bits per heavy atom. The van der Waals surface area contributed by atoms with Crippen molar-refractivity contribution in [3.8, 4) is 11.1 Å². The van der Waals surface area contributed by atoms with Gasteiger partial charge in [-0.25, -0.2) is 0 Å². The summed E-state index contributed by atoms with van der Waals surface area (Å²) in [5.74, 6) is 2.16. The first-order valence-electron chi connectivity index (χ1n) is 30.1. The zero-order valence-electron chi connectivity index (χ0n) is 48.4. The van der Waals surface area contributed by atoms with E-state index in [2.05, 4.69) is 272 Å². The maximum Gasteiger partial charge on any atom is 0.0585 e. The van der Waals surface area contributed by atoms with Crippen molar-refractivity contribution in [2.75, 3.05) is 4.90 Å². The number of nitrogens with zero attached hydrogens (tertiary/aromatic N) is 1. The highest BCUT2D eigenvalue weighted by molar-refractivity contribution is 5.96. The lowest BCUT2D eigenvalue weighted by Crippen LogP contribution is -2.36. The maximum atomic E-state index is 4.74. The first-order valence-corrected chi connectivity index (χ1v) is 30.1. The fourth-order valence-corrected chi connectivity index (χ4v) is 15.4. The van der Waals surface area contributed by atoms with Crippen LogP contribution >= 0.6 is 0 Å². The molecule has 13 rings (SSSR count). The molecule has 0 amide bonds. The first-order chi connectivity index (χ1) is 39.5. The van der Waals surface area contributed by atoms with Crippen molar-refractivity contribution in [2.45, 2.75) is 109 Å². The van der Waals surface area contributed by atoms with E-state index in [1.165, 1.54) is 117 Å². The molecule has 0 saturated heterocycles. The molecule has 0 N–H and O–H groups in total. The third kappa shape index (κ3) is 9.37. The Morgan fingerprint density at radius 1 is 0.654 bits per heavy atom. The van der Waals surface area contributed by atoms with Crippen molar-refractivity contribution in [1.82, 2.24) is 0 Å². The lowest BCUT2D eigenvalue weighted by atomic mass is 9.65. The van der Waals surface area contributed by atoms with Gasteiger partial charge in [0.05, 0.1) is 6.04 Å². The lowest BCUT2D eigenvalue weighted by molar-refractivity contribution is 0.498. The molecule has 402 valence electrons. The van der Waals surface area contributed by atoms with Crippen molar-refractivity contribution in [2.24, 2.45) is 17.8 Å². The number of anilines is 1. The van der Waals surface area contributed by atoms with E-state index in [-0.39, 0.29) is 35.1 Å². The zero-order valence-corrected chi connectivity index (χ0v) is 48.4. The number of hydrogen-bond acceptors (Lipinski definition) is 1. The number of hydrogen-bond donors (Lipinski definition) is 0. The summed E-state index contributed by atoms with van der Waals surface area (Å²) >= 11 is 0. The molecule has 6 aromatic carbocycles. The van der Waals surface area contributed by atoms with Gasteiger partial charge in [-0.1, -0.05) is 235 Å². The molecule has 8 atom stereocenters. The smallest absolute Gasteiger partial charge is 0.0585 e. The molecular formula is C80H77N. The third-order valence-corrected chi connectivity index (χ3v) is 19.6. The molecule has 0 saturated carbocycles. The predicted molar refractivity (Wildman–Crippen MR) is 349 cm³/mol. The van der Waals surface area contributed by atoms with Gasteiger partial charge in [0.1, 0.15) is 0 Å². The summed E-state index contributed by atoms with van der Waals surface area (Å²) in [7, 11) is 0. The molecule has 6 aromatic rings. The summed E-state index contributed by atoms with van der Waals surface area (Å²) in [6.07, 6.45) is 50.5. The monoisotopic (exact) mass is 1050 g/mol. The van der Waals surface area contributed by atoms with Crippen LogP contribution in [0.2, 0.25) is 0 Å². The van der Waals surface area contributed by atoms with E-state index in [0.29, 0.717) is 17.8 Å². The van der Waals surface area contributed by atoms with Crippen LogP contribution < -0.4 is 4.90 Å². The fourth-order valence-electron chi connectivity index (χ4n) is 15.4. The lowest BCUT2D eigenvalue weighted by Gasteiger charge is -2.39. The van der Waals surface area contributed by atoms with Gasteiger partial charge in [0.25, 0.3) is 0 Å². The van der Waals surface area contributed by atoms with Crippen molar-refractivity contribution in [1.29, 1.82) is 0 Å². The molecule has 8 unspecified atom stereocenters. The fraction of sp³-hybridized carbons (Fsp3) is 0.250. The summed E-state index contributed by atoms with van der Waals surface area (Å²) in [4.78, 5) is 2.57. The van der Waals surface area contributed by atoms with Crippen LogP contribution in [-0.2, 0) is 5.41 Å². The van der Waals surface area contributed by atoms with Crippen LogP contribution in [-0.4, -0.2) is 6.04 Å². The molecular weight excluding hydrogens is 975 g/mol. The maximum absolute atomic E-state index is 4.74. The van der Waals surface area contributed by atoms with Crippen LogP contribution in [0.5, 0.6) is 0 Å². The Hall–Kier alpha value is -8.00. The van der Waals surface area contributed by atoms with Gasteiger partial charge in [-0.15, -0.1) is 6.58 Å².